The van der Waals surface area contributed by atoms with Gasteiger partial charge in [0.1, 0.15) is 6.04 Å². The van der Waals surface area contributed by atoms with E-state index in [0.717, 1.165) is 42.9 Å². The van der Waals surface area contributed by atoms with Crippen LogP contribution < -0.4 is 11.1 Å². The molecule has 0 aromatic rings. The van der Waals surface area contributed by atoms with Gasteiger partial charge in [-0.25, -0.2) is 0 Å². The lowest BCUT2D eigenvalue weighted by Gasteiger charge is -2.59. The van der Waals surface area contributed by atoms with Gasteiger partial charge in [-0.15, -0.1) is 0 Å². The summed E-state index contributed by atoms with van der Waals surface area (Å²) in [6.45, 7) is 7.48. The van der Waals surface area contributed by atoms with E-state index >= 15 is 0 Å². The minimum absolute atomic E-state index is 0.00172. The van der Waals surface area contributed by atoms with E-state index in [0.29, 0.717) is 41.9 Å². The summed E-state index contributed by atoms with van der Waals surface area (Å²) in [4.78, 5) is 35.9. The van der Waals surface area contributed by atoms with Crippen LogP contribution >= 0.6 is 0 Å². The van der Waals surface area contributed by atoms with Crippen molar-refractivity contribution in [3.8, 4) is 0 Å². The van der Waals surface area contributed by atoms with Crippen LogP contribution in [0.3, 0.4) is 0 Å². The third-order valence-electron chi connectivity index (χ3n) is 11.9. The Balaban J connectivity index is 1.33. The normalized spacial score (nSPS) is 39.6. The molecule has 0 aromatic heterocycles. The summed E-state index contributed by atoms with van der Waals surface area (Å²) >= 11 is 0. The zero-order chi connectivity index (χ0) is 27.6. The molecule has 0 aliphatic heterocycles. The molecule has 1 amide bonds. The second-order valence-corrected chi connectivity index (χ2v) is 13.5. The molecule has 0 radical (unpaired) electrons. The predicted octanol–water partition coefficient (Wildman–Crippen LogP) is 4.86. The van der Waals surface area contributed by atoms with Gasteiger partial charge in [-0.1, -0.05) is 20.8 Å². The fraction of sp³-hybridized carbons (Fsp3) is 0.903. The molecular formula is C31H52N2O5. The number of methoxy groups -OCH3 is 2. The van der Waals surface area contributed by atoms with E-state index < -0.39 is 12.0 Å². The molecule has 7 heteroatoms. The second-order valence-electron chi connectivity index (χ2n) is 13.5. The number of esters is 2. The summed E-state index contributed by atoms with van der Waals surface area (Å²) in [5, 5.41) is 3.25. The smallest absolute Gasteiger partial charge is 0.322 e. The number of ether oxygens (including phenoxy) is 2. The average Bonchev–Trinajstić information content (AvgIpc) is 3.28. The molecule has 38 heavy (non-hydrogen) atoms. The van der Waals surface area contributed by atoms with Gasteiger partial charge < -0.3 is 20.5 Å². The fourth-order valence-electron chi connectivity index (χ4n) is 9.83. The van der Waals surface area contributed by atoms with Gasteiger partial charge in [0.15, 0.2) is 0 Å². The molecule has 0 spiro atoms. The zero-order valence-electron chi connectivity index (χ0n) is 24.4. The molecule has 0 bridgehead atoms. The molecule has 0 heterocycles. The highest BCUT2D eigenvalue weighted by Crippen LogP contribution is 2.67. The van der Waals surface area contributed by atoms with Crippen molar-refractivity contribution in [2.75, 3.05) is 14.2 Å². The van der Waals surface area contributed by atoms with Gasteiger partial charge in [-0.3, -0.25) is 14.4 Å². The van der Waals surface area contributed by atoms with Crippen molar-refractivity contribution in [1.29, 1.82) is 0 Å². The van der Waals surface area contributed by atoms with Crippen LogP contribution in [-0.2, 0) is 23.9 Å². The van der Waals surface area contributed by atoms with Crippen molar-refractivity contribution in [2.24, 2.45) is 58.5 Å². The first-order valence-corrected chi connectivity index (χ1v) is 15.3. The van der Waals surface area contributed by atoms with Crippen molar-refractivity contribution >= 4 is 17.8 Å². The minimum atomic E-state index is -0.734. The number of carbonyl (C=O) groups excluding carboxylic acids is 3. The quantitative estimate of drug-likeness (QED) is 0.411. The first-order chi connectivity index (χ1) is 18.1. The first-order valence-electron chi connectivity index (χ1n) is 15.3. The summed E-state index contributed by atoms with van der Waals surface area (Å²) in [5.41, 5.74) is 6.18. The molecule has 11 atom stereocenters. The van der Waals surface area contributed by atoms with Gasteiger partial charge in [0.2, 0.25) is 5.91 Å². The SMILES string of the molecule is COC(=O)CCC(C)[C@H]1CCC2C3CCC4C[C@@H](NC(=O)CC[C@H](N)C(=O)OC)CCC4C3C[C@H](C)[C@@]21C. The number of nitrogens with two attached hydrogens (primary N) is 1. The van der Waals surface area contributed by atoms with Crippen molar-refractivity contribution in [1.82, 2.24) is 5.32 Å². The van der Waals surface area contributed by atoms with Gasteiger partial charge >= 0.3 is 11.9 Å². The highest BCUT2D eigenvalue weighted by molar-refractivity contribution is 5.79. The molecule has 6 unspecified atom stereocenters. The third kappa shape index (κ3) is 5.78. The number of amides is 1. The van der Waals surface area contributed by atoms with Crippen LogP contribution in [0, 0.1) is 52.8 Å². The van der Waals surface area contributed by atoms with Crippen LogP contribution in [0.25, 0.3) is 0 Å². The number of rotatable bonds is 9. The van der Waals surface area contributed by atoms with Crippen LogP contribution in [0.2, 0.25) is 0 Å². The van der Waals surface area contributed by atoms with Gasteiger partial charge in [0.25, 0.3) is 0 Å². The van der Waals surface area contributed by atoms with E-state index in [-0.39, 0.29) is 24.3 Å². The Hall–Kier alpha value is -1.63. The van der Waals surface area contributed by atoms with E-state index in [9.17, 15) is 14.4 Å². The molecule has 4 aliphatic carbocycles. The minimum Gasteiger partial charge on any atom is -0.469 e. The maximum absolute atomic E-state index is 12.6. The summed E-state index contributed by atoms with van der Waals surface area (Å²) in [6.07, 6.45) is 12.0. The highest BCUT2D eigenvalue weighted by atomic mass is 16.5. The van der Waals surface area contributed by atoms with Gasteiger partial charge in [-0.05, 0) is 117 Å². The monoisotopic (exact) mass is 532 g/mol. The molecule has 216 valence electrons. The van der Waals surface area contributed by atoms with Crippen molar-refractivity contribution < 1.29 is 23.9 Å². The number of hydrogen-bond acceptors (Lipinski definition) is 6. The molecule has 4 rings (SSSR count). The van der Waals surface area contributed by atoms with Gasteiger partial charge in [-0.2, -0.15) is 0 Å². The van der Waals surface area contributed by atoms with Gasteiger partial charge in [0.05, 0.1) is 14.2 Å². The first kappa shape index (κ1) is 29.4. The molecule has 4 aliphatic rings. The van der Waals surface area contributed by atoms with E-state index in [1.807, 2.05) is 0 Å². The lowest BCUT2D eigenvalue weighted by atomic mass is 9.46. The summed E-state index contributed by atoms with van der Waals surface area (Å²) < 4.78 is 9.58. The van der Waals surface area contributed by atoms with Crippen LogP contribution in [0.5, 0.6) is 0 Å². The predicted molar refractivity (Wildman–Crippen MR) is 147 cm³/mol. The van der Waals surface area contributed by atoms with Gasteiger partial charge in [0, 0.05) is 18.9 Å². The number of hydrogen-bond donors (Lipinski definition) is 2. The Morgan fingerprint density at radius 3 is 2.37 bits per heavy atom. The van der Waals surface area contributed by atoms with Crippen molar-refractivity contribution in [2.45, 2.75) is 110 Å². The third-order valence-corrected chi connectivity index (χ3v) is 11.9. The standard InChI is InChI=1S/C31H52N2O5/c1-18(6-15-29(35)37-4)25-11-12-26-23-9-7-20-17-21(33-28(34)14-13-27(32)30(36)38-5)8-10-22(20)24(23)16-19(2)31(25,26)3/h18-27H,6-17,32H2,1-5H3,(H,33,34)/t18?,19-,20?,21-,22?,23?,24?,25+,26?,27-,31+/m0/s1. The summed E-state index contributed by atoms with van der Waals surface area (Å²) in [7, 11) is 2.81. The fourth-order valence-corrected chi connectivity index (χ4v) is 9.83. The Bertz CT molecular complexity index is 863. The largest absolute Gasteiger partial charge is 0.469 e. The highest BCUT2D eigenvalue weighted by Gasteiger charge is 2.60. The second kappa shape index (κ2) is 12.3. The van der Waals surface area contributed by atoms with Crippen molar-refractivity contribution in [3.05, 3.63) is 0 Å². The Kier molecular flexibility index (Phi) is 9.47. The maximum Gasteiger partial charge on any atom is 0.322 e. The van der Waals surface area contributed by atoms with Crippen LogP contribution in [0.4, 0.5) is 0 Å². The topological polar surface area (TPSA) is 108 Å². The zero-order valence-corrected chi connectivity index (χ0v) is 24.4. The summed E-state index contributed by atoms with van der Waals surface area (Å²) in [5.74, 6) is 5.38. The molecule has 7 nitrogen and oxygen atoms in total. The molecule has 3 N–H and O–H groups in total. The lowest BCUT2D eigenvalue weighted by molar-refractivity contribution is -0.142. The van der Waals surface area contributed by atoms with E-state index in [1.165, 1.54) is 52.7 Å². The van der Waals surface area contributed by atoms with Crippen molar-refractivity contribution in [3.63, 3.8) is 0 Å². The number of fused-ring (bicyclic) bond motifs is 5. The number of carbonyl (C=O) groups is 3. The molecule has 4 saturated carbocycles. The lowest BCUT2D eigenvalue weighted by Crippen LogP contribution is -2.53. The Morgan fingerprint density at radius 2 is 1.66 bits per heavy atom. The molecular weight excluding hydrogens is 480 g/mol. The van der Waals surface area contributed by atoms with Crippen LogP contribution in [0.15, 0.2) is 0 Å². The summed E-state index contributed by atoms with van der Waals surface area (Å²) in [6, 6.07) is -0.491. The van der Waals surface area contributed by atoms with E-state index in [1.54, 1.807) is 0 Å². The van der Waals surface area contributed by atoms with Crippen LogP contribution in [-0.4, -0.2) is 44.1 Å². The van der Waals surface area contributed by atoms with E-state index in [4.69, 9.17) is 10.5 Å². The molecule has 0 saturated heterocycles. The van der Waals surface area contributed by atoms with E-state index in [2.05, 4.69) is 30.8 Å². The number of nitrogens with one attached hydrogen (secondary N) is 1. The Labute approximate surface area is 229 Å². The average molecular weight is 533 g/mol. The molecule has 4 fully saturated rings. The maximum atomic E-state index is 12.6. The Morgan fingerprint density at radius 1 is 0.921 bits per heavy atom. The molecule has 0 aromatic carbocycles. The van der Waals surface area contributed by atoms with Crippen LogP contribution in [0.1, 0.15) is 97.8 Å².